The lowest BCUT2D eigenvalue weighted by atomic mass is 10.1. The maximum Gasteiger partial charge on any atom is 0.451 e. The lowest BCUT2D eigenvalue weighted by Crippen LogP contribution is -2.27. The molecule has 1 aromatic rings. The number of ketones is 1. The predicted octanol–water partition coefficient (Wildman–Crippen LogP) is 3.33. The third-order valence-corrected chi connectivity index (χ3v) is 5.46. The van der Waals surface area contributed by atoms with Crippen LogP contribution in [0, 0.1) is 20.8 Å². The summed E-state index contributed by atoms with van der Waals surface area (Å²) in [6.07, 6.45) is 1.08. The van der Waals surface area contributed by atoms with Gasteiger partial charge in [0, 0.05) is 6.42 Å². The zero-order valence-corrected chi connectivity index (χ0v) is 14.8. The van der Waals surface area contributed by atoms with Gasteiger partial charge in [-0.25, -0.2) is 8.42 Å². The van der Waals surface area contributed by atoms with Gasteiger partial charge in [0.2, 0.25) is 0 Å². The summed E-state index contributed by atoms with van der Waals surface area (Å²) in [7, 11) is -4.15. The summed E-state index contributed by atoms with van der Waals surface area (Å²) >= 11 is 0. The molecule has 0 N–H and O–H groups in total. The average Bonchev–Trinajstić information content (AvgIpc) is 2.36. The fourth-order valence-electron chi connectivity index (χ4n) is 2.60. The van der Waals surface area contributed by atoms with Crippen molar-refractivity contribution in [1.82, 2.24) is 0 Å². The van der Waals surface area contributed by atoms with E-state index in [0.29, 0.717) is 24.0 Å². The van der Waals surface area contributed by atoms with Crippen LogP contribution in [0.1, 0.15) is 42.9 Å². The Morgan fingerprint density at radius 1 is 1.17 bits per heavy atom. The molecule has 23 heavy (non-hydrogen) atoms. The van der Waals surface area contributed by atoms with E-state index < -0.39 is 20.7 Å². The topological polar surface area (TPSA) is 87.6 Å². The highest BCUT2D eigenvalue weighted by atomic mass is 32.2. The number of hydrogen-bond donors (Lipinski definition) is 0. The molecule has 0 saturated carbocycles. The Hall–Kier alpha value is -2.04. The molecular weight excluding hydrogens is 312 g/mol. The highest BCUT2D eigenvalue weighted by Gasteiger charge is 2.38. The normalized spacial score (nSPS) is 11.0. The molecule has 1 rings (SSSR count). The van der Waals surface area contributed by atoms with Gasteiger partial charge in [-0.05, 0) is 51.7 Å². The monoisotopic (exact) mass is 334 g/mol. The van der Waals surface area contributed by atoms with Crippen molar-refractivity contribution in [3.05, 3.63) is 46.5 Å². The molecule has 0 heterocycles. The van der Waals surface area contributed by atoms with Crippen molar-refractivity contribution in [2.24, 2.45) is 0 Å². The molecule has 6 heteroatoms. The molecule has 124 valence electrons. The Kier molecular flexibility index (Phi) is 6.19. The lowest BCUT2D eigenvalue weighted by Gasteiger charge is -2.09. The Balaban J connectivity index is 3.23. The second-order valence-electron chi connectivity index (χ2n) is 5.87. The molecule has 0 atom stereocenters. The zero-order valence-electron chi connectivity index (χ0n) is 14.0. The number of sulfone groups is 1. The van der Waals surface area contributed by atoms with Gasteiger partial charge < -0.3 is 5.53 Å². The zero-order chi connectivity index (χ0) is 17.8. The molecule has 0 aliphatic heterocycles. The third kappa shape index (κ3) is 4.47. The van der Waals surface area contributed by atoms with Gasteiger partial charge in [0.25, 0.3) is 15.6 Å². The van der Waals surface area contributed by atoms with Gasteiger partial charge in [0.1, 0.15) is 0 Å². The first-order valence-corrected chi connectivity index (χ1v) is 8.82. The number of nitrogens with zero attached hydrogens (tertiary/aromatic N) is 2. The number of Topliss-reactive ketones (excluding diaryl/α,β-unsaturated/α-hetero) is 1. The molecule has 5 nitrogen and oxygen atoms in total. The molecule has 0 saturated heterocycles. The minimum absolute atomic E-state index is 0.00452. The van der Waals surface area contributed by atoms with Crippen molar-refractivity contribution >= 4 is 20.7 Å². The molecule has 0 aromatic heterocycles. The largest absolute Gasteiger partial charge is 0.451 e. The maximum atomic E-state index is 12.7. The summed E-state index contributed by atoms with van der Waals surface area (Å²) in [5, 5.41) is -0.797. The van der Waals surface area contributed by atoms with E-state index in [0.717, 1.165) is 11.1 Å². The van der Waals surface area contributed by atoms with Crippen LogP contribution >= 0.6 is 0 Å². The number of allylic oxidation sites excluding steroid dienone is 1. The Morgan fingerprint density at radius 2 is 1.70 bits per heavy atom. The number of rotatable bonds is 6. The van der Waals surface area contributed by atoms with Gasteiger partial charge in [-0.1, -0.05) is 23.3 Å². The minimum atomic E-state index is -4.15. The molecule has 0 aliphatic carbocycles. The van der Waals surface area contributed by atoms with Crippen LogP contribution in [0.2, 0.25) is 0 Å². The van der Waals surface area contributed by atoms with E-state index in [-0.39, 0.29) is 11.3 Å². The summed E-state index contributed by atoms with van der Waals surface area (Å²) < 4.78 is 25.5. The van der Waals surface area contributed by atoms with E-state index in [1.807, 2.05) is 13.8 Å². The molecule has 0 fully saturated rings. The summed E-state index contributed by atoms with van der Waals surface area (Å²) in [5.74, 6) is -0.687. The van der Waals surface area contributed by atoms with Crippen molar-refractivity contribution < 1.29 is 18.0 Å². The maximum absolute atomic E-state index is 12.7. The van der Waals surface area contributed by atoms with Gasteiger partial charge in [0.05, 0.1) is 4.90 Å². The van der Waals surface area contributed by atoms with E-state index >= 15 is 0 Å². The summed E-state index contributed by atoms with van der Waals surface area (Å²) in [4.78, 5) is 15.0. The van der Waals surface area contributed by atoms with Crippen LogP contribution in [0.4, 0.5) is 0 Å². The van der Waals surface area contributed by atoms with Crippen LogP contribution in [0.3, 0.4) is 0 Å². The first-order chi connectivity index (χ1) is 10.6. The fraction of sp³-hybridized carbons (Fsp3) is 0.412. The van der Waals surface area contributed by atoms with Crippen LogP contribution in [0.15, 0.2) is 29.2 Å². The highest BCUT2D eigenvalue weighted by Crippen LogP contribution is 2.24. The van der Waals surface area contributed by atoms with Gasteiger partial charge in [-0.2, -0.15) is 0 Å². The number of hydrogen-bond acceptors (Lipinski definition) is 3. The fourth-order valence-corrected chi connectivity index (χ4v) is 4.27. The van der Waals surface area contributed by atoms with Crippen molar-refractivity contribution in [2.75, 3.05) is 0 Å². The molecule has 0 unspecified atom stereocenters. The minimum Gasteiger partial charge on any atom is -0.360 e. The van der Waals surface area contributed by atoms with Crippen molar-refractivity contribution in [3.63, 3.8) is 0 Å². The summed E-state index contributed by atoms with van der Waals surface area (Å²) in [6.45, 7) is 10.8. The number of carbonyl (C=O) groups excluding carboxylic acids is 1. The Bertz CT molecular complexity index is 778. The van der Waals surface area contributed by atoms with E-state index in [1.54, 1.807) is 26.0 Å². The van der Waals surface area contributed by atoms with Crippen LogP contribution in [0.25, 0.3) is 5.53 Å². The SMILES string of the molecule is C=C(C)CCCC(=O)C(=[N+]=[N-])S(=O)(=O)c1c(C)cc(C)cc1C. The third-order valence-electron chi connectivity index (χ3n) is 3.46. The van der Waals surface area contributed by atoms with Crippen molar-refractivity contribution in [2.45, 2.75) is 51.9 Å². The molecule has 0 bridgehead atoms. The van der Waals surface area contributed by atoms with Crippen molar-refractivity contribution in [1.29, 1.82) is 0 Å². The molecule has 0 aliphatic rings. The highest BCUT2D eigenvalue weighted by molar-refractivity contribution is 8.08. The molecule has 0 radical (unpaired) electrons. The average molecular weight is 334 g/mol. The van der Waals surface area contributed by atoms with E-state index in [2.05, 4.69) is 11.4 Å². The van der Waals surface area contributed by atoms with Gasteiger partial charge >= 0.3 is 5.04 Å². The first-order valence-electron chi connectivity index (χ1n) is 7.33. The predicted molar refractivity (Wildman–Crippen MR) is 90.1 cm³/mol. The van der Waals surface area contributed by atoms with E-state index in [1.165, 1.54) is 0 Å². The molecule has 0 spiro atoms. The van der Waals surface area contributed by atoms with Crippen LogP contribution in [0.5, 0.6) is 0 Å². The number of carbonyl (C=O) groups is 1. The molecule has 1 aromatic carbocycles. The van der Waals surface area contributed by atoms with Crippen molar-refractivity contribution in [3.8, 4) is 0 Å². The van der Waals surface area contributed by atoms with Crippen LogP contribution < -0.4 is 0 Å². The molecule has 0 amide bonds. The van der Waals surface area contributed by atoms with Gasteiger partial charge in [-0.3, -0.25) is 4.79 Å². The Morgan fingerprint density at radius 3 is 2.13 bits per heavy atom. The van der Waals surface area contributed by atoms with Gasteiger partial charge in [-0.15, -0.1) is 11.4 Å². The van der Waals surface area contributed by atoms with E-state index in [4.69, 9.17) is 5.53 Å². The lowest BCUT2D eigenvalue weighted by molar-refractivity contribution is -0.116. The Labute approximate surface area is 137 Å². The van der Waals surface area contributed by atoms with Gasteiger partial charge in [0.15, 0.2) is 0 Å². The number of aryl methyl sites for hydroxylation is 3. The smallest absolute Gasteiger partial charge is 0.360 e. The van der Waals surface area contributed by atoms with Crippen LogP contribution in [-0.4, -0.2) is 24.0 Å². The summed E-state index contributed by atoms with van der Waals surface area (Å²) in [5.41, 5.74) is 12.0. The quantitative estimate of drug-likeness (QED) is 0.263. The second kappa shape index (κ2) is 7.49. The number of benzene rings is 1. The first kappa shape index (κ1) is 19.0. The standard InChI is InChI=1S/C17H22N2O3S/c1-11(2)7-6-8-15(20)17(19-18)23(21,22)16-13(4)9-12(3)10-14(16)5/h9-10H,1,6-8H2,2-5H3. The summed E-state index contributed by atoms with van der Waals surface area (Å²) in [6, 6.07) is 3.45. The second-order valence-corrected chi connectivity index (χ2v) is 7.67. The van der Waals surface area contributed by atoms with E-state index in [9.17, 15) is 13.2 Å². The molecular formula is C17H22N2O3S. The van der Waals surface area contributed by atoms with Crippen LogP contribution in [-0.2, 0) is 14.6 Å².